The summed E-state index contributed by atoms with van der Waals surface area (Å²) in [5.41, 5.74) is 6.47. The Morgan fingerprint density at radius 2 is 2.22 bits per heavy atom. The van der Waals surface area contributed by atoms with Gasteiger partial charge in [0.15, 0.2) is 0 Å². The third-order valence-corrected chi connectivity index (χ3v) is 3.85. The van der Waals surface area contributed by atoms with E-state index < -0.39 is 0 Å². The molecule has 3 nitrogen and oxygen atoms in total. The van der Waals surface area contributed by atoms with Gasteiger partial charge in [0, 0.05) is 18.3 Å². The molecule has 98 valence electrons. The lowest BCUT2D eigenvalue weighted by Crippen LogP contribution is -2.11. The Bertz CT molecular complexity index is 400. The molecule has 1 aromatic rings. The zero-order valence-corrected chi connectivity index (χ0v) is 11.5. The molecule has 0 aliphatic heterocycles. The standard InChI is InChI=1S/C14H21N3S/c15-14(18)12-7-9-17-13(10-12)16-8-3-6-11-4-1-2-5-11/h7,9-11H,1-6,8H2,(H2,15,18)(H,16,17). The summed E-state index contributed by atoms with van der Waals surface area (Å²) in [6.45, 7) is 0.976. The van der Waals surface area contributed by atoms with Gasteiger partial charge in [-0.15, -0.1) is 0 Å². The van der Waals surface area contributed by atoms with E-state index in [0.29, 0.717) is 4.99 Å². The largest absolute Gasteiger partial charge is 0.389 e. The minimum atomic E-state index is 0.423. The summed E-state index contributed by atoms with van der Waals surface area (Å²) in [6.07, 6.45) is 10.00. The van der Waals surface area contributed by atoms with Crippen molar-refractivity contribution >= 4 is 23.0 Å². The van der Waals surface area contributed by atoms with E-state index in [9.17, 15) is 0 Å². The van der Waals surface area contributed by atoms with Gasteiger partial charge in [-0.3, -0.25) is 0 Å². The van der Waals surface area contributed by atoms with Crippen LogP contribution in [-0.2, 0) is 0 Å². The lowest BCUT2D eigenvalue weighted by molar-refractivity contribution is 0.491. The van der Waals surface area contributed by atoms with Crippen molar-refractivity contribution in [2.45, 2.75) is 38.5 Å². The maximum Gasteiger partial charge on any atom is 0.126 e. The van der Waals surface area contributed by atoms with Crippen LogP contribution in [0.4, 0.5) is 5.82 Å². The summed E-state index contributed by atoms with van der Waals surface area (Å²) in [4.78, 5) is 4.69. The number of hydrogen-bond donors (Lipinski definition) is 2. The van der Waals surface area contributed by atoms with Crippen LogP contribution in [0.5, 0.6) is 0 Å². The fourth-order valence-corrected chi connectivity index (χ4v) is 2.71. The predicted octanol–water partition coefficient (Wildman–Crippen LogP) is 3.10. The van der Waals surface area contributed by atoms with Crippen LogP contribution in [0.1, 0.15) is 44.1 Å². The SMILES string of the molecule is NC(=S)c1ccnc(NCCCC2CCCC2)c1. The molecule has 1 heterocycles. The summed E-state index contributed by atoms with van der Waals surface area (Å²) < 4.78 is 0. The molecule has 0 spiro atoms. The normalized spacial score (nSPS) is 15.8. The molecule has 0 aromatic carbocycles. The molecule has 0 saturated heterocycles. The second kappa shape index (κ2) is 6.69. The van der Waals surface area contributed by atoms with E-state index >= 15 is 0 Å². The molecular formula is C14H21N3S. The lowest BCUT2D eigenvalue weighted by atomic mass is 10.0. The Morgan fingerprint density at radius 1 is 1.44 bits per heavy atom. The van der Waals surface area contributed by atoms with Crippen LogP contribution < -0.4 is 11.1 Å². The van der Waals surface area contributed by atoms with Crippen LogP contribution in [0.3, 0.4) is 0 Å². The molecular weight excluding hydrogens is 242 g/mol. The molecule has 0 radical (unpaired) electrons. The van der Waals surface area contributed by atoms with Crippen molar-refractivity contribution < 1.29 is 0 Å². The molecule has 1 fully saturated rings. The first kappa shape index (κ1) is 13.3. The van der Waals surface area contributed by atoms with Gasteiger partial charge in [-0.2, -0.15) is 0 Å². The monoisotopic (exact) mass is 263 g/mol. The van der Waals surface area contributed by atoms with Crippen molar-refractivity contribution in [2.24, 2.45) is 11.7 Å². The van der Waals surface area contributed by atoms with Crippen molar-refractivity contribution in [3.05, 3.63) is 23.9 Å². The quantitative estimate of drug-likeness (QED) is 0.611. The van der Waals surface area contributed by atoms with Gasteiger partial charge in [-0.25, -0.2) is 4.98 Å². The number of aromatic nitrogens is 1. The van der Waals surface area contributed by atoms with Crippen molar-refractivity contribution in [3.8, 4) is 0 Å². The molecule has 0 amide bonds. The maximum atomic E-state index is 5.60. The number of hydrogen-bond acceptors (Lipinski definition) is 3. The topological polar surface area (TPSA) is 50.9 Å². The van der Waals surface area contributed by atoms with E-state index in [-0.39, 0.29) is 0 Å². The summed E-state index contributed by atoms with van der Waals surface area (Å²) in [7, 11) is 0. The zero-order chi connectivity index (χ0) is 12.8. The number of anilines is 1. The third-order valence-electron chi connectivity index (χ3n) is 3.61. The Morgan fingerprint density at radius 3 is 2.94 bits per heavy atom. The molecule has 1 aliphatic carbocycles. The number of thiocarbonyl (C=S) groups is 1. The molecule has 3 N–H and O–H groups in total. The van der Waals surface area contributed by atoms with Gasteiger partial charge in [-0.05, 0) is 30.9 Å². The number of nitrogens with two attached hydrogens (primary N) is 1. The molecule has 1 aromatic heterocycles. The van der Waals surface area contributed by atoms with Gasteiger partial charge < -0.3 is 11.1 Å². The molecule has 0 atom stereocenters. The summed E-state index contributed by atoms with van der Waals surface area (Å²) in [5.74, 6) is 1.83. The van der Waals surface area contributed by atoms with Crippen LogP contribution in [0, 0.1) is 5.92 Å². The molecule has 4 heteroatoms. The van der Waals surface area contributed by atoms with Crippen molar-refractivity contribution in [1.29, 1.82) is 0 Å². The minimum absolute atomic E-state index is 0.423. The summed E-state index contributed by atoms with van der Waals surface area (Å²) >= 11 is 4.95. The van der Waals surface area contributed by atoms with Gasteiger partial charge in [0.25, 0.3) is 0 Å². The summed E-state index contributed by atoms with van der Waals surface area (Å²) in [5, 5.41) is 3.34. The fourth-order valence-electron chi connectivity index (χ4n) is 2.59. The molecule has 18 heavy (non-hydrogen) atoms. The van der Waals surface area contributed by atoms with Gasteiger partial charge in [0.2, 0.25) is 0 Å². The highest BCUT2D eigenvalue weighted by atomic mass is 32.1. The average molecular weight is 263 g/mol. The number of nitrogens with zero attached hydrogens (tertiary/aromatic N) is 1. The van der Waals surface area contributed by atoms with Crippen LogP contribution >= 0.6 is 12.2 Å². The Labute approximate surface area is 114 Å². The van der Waals surface area contributed by atoms with Gasteiger partial charge in [0.1, 0.15) is 10.8 Å². The van der Waals surface area contributed by atoms with E-state index in [1.54, 1.807) is 6.20 Å². The van der Waals surface area contributed by atoms with Crippen LogP contribution in [-0.4, -0.2) is 16.5 Å². The average Bonchev–Trinajstić information content (AvgIpc) is 2.88. The Kier molecular flexibility index (Phi) is 4.93. The molecule has 1 saturated carbocycles. The second-order valence-electron chi connectivity index (χ2n) is 5.01. The highest BCUT2D eigenvalue weighted by molar-refractivity contribution is 7.80. The van der Waals surface area contributed by atoms with E-state index in [0.717, 1.165) is 23.8 Å². The first-order valence-electron chi connectivity index (χ1n) is 6.75. The van der Waals surface area contributed by atoms with Gasteiger partial charge >= 0.3 is 0 Å². The van der Waals surface area contributed by atoms with Crippen LogP contribution in [0.25, 0.3) is 0 Å². The van der Waals surface area contributed by atoms with E-state index in [1.807, 2.05) is 12.1 Å². The van der Waals surface area contributed by atoms with Crippen molar-refractivity contribution in [2.75, 3.05) is 11.9 Å². The minimum Gasteiger partial charge on any atom is -0.389 e. The van der Waals surface area contributed by atoms with E-state index in [1.165, 1.54) is 38.5 Å². The number of pyridine rings is 1. The molecule has 0 unspecified atom stereocenters. The first-order chi connectivity index (χ1) is 8.75. The van der Waals surface area contributed by atoms with Gasteiger partial charge in [-0.1, -0.05) is 37.9 Å². The van der Waals surface area contributed by atoms with Crippen LogP contribution in [0.2, 0.25) is 0 Å². The maximum absolute atomic E-state index is 5.60. The predicted molar refractivity (Wildman–Crippen MR) is 79.8 cm³/mol. The molecule has 2 rings (SSSR count). The van der Waals surface area contributed by atoms with E-state index in [4.69, 9.17) is 18.0 Å². The molecule has 1 aliphatic rings. The number of rotatable bonds is 6. The van der Waals surface area contributed by atoms with E-state index in [2.05, 4.69) is 10.3 Å². The Balaban J connectivity index is 1.72. The smallest absolute Gasteiger partial charge is 0.126 e. The van der Waals surface area contributed by atoms with Crippen LogP contribution in [0.15, 0.2) is 18.3 Å². The van der Waals surface area contributed by atoms with Crippen molar-refractivity contribution in [3.63, 3.8) is 0 Å². The zero-order valence-electron chi connectivity index (χ0n) is 10.7. The highest BCUT2D eigenvalue weighted by Gasteiger charge is 2.13. The molecule has 0 bridgehead atoms. The van der Waals surface area contributed by atoms with Crippen molar-refractivity contribution in [1.82, 2.24) is 4.98 Å². The lowest BCUT2D eigenvalue weighted by Gasteiger charge is -2.10. The second-order valence-corrected chi connectivity index (χ2v) is 5.45. The fraction of sp³-hybridized carbons (Fsp3) is 0.571. The van der Waals surface area contributed by atoms with Gasteiger partial charge in [0.05, 0.1) is 0 Å². The Hall–Kier alpha value is -1.16. The number of nitrogens with one attached hydrogen (secondary N) is 1. The summed E-state index contributed by atoms with van der Waals surface area (Å²) in [6, 6.07) is 3.75. The first-order valence-corrected chi connectivity index (χ1v) is 7.16. The third kappa shape index (κ3) is 3.95. The highest BCUT2D eigenvalue weighted by Crippen LogP contribution is 2.28.